The maximum atomic E-state index is 12.7. The van der Waals surface area contributed by atoms with E-state index < -0.39 is 15.6 Å². The highest BCUT2D eigenvalue weighted by molar-refractivity contribution is 7.88. The Morgan fingerprint density at radius 3 is 2.17 bits per heavy atom. The lowest BCUT2D eigenvalue weighted by molar-refractivity contribution is -0.135. The minimum absolute atomic E-state index is 0.0901. The van der Waals surface area contributed by atoms with Gasteiger partial charge in [0.25, 0.3) is 0 Å². The molecule has 2 fully saturated rings. The van der Waals surface area contributed by atoms with E-state index in [1.54, 1.807) is 0 Å². The van der Waals surface area contributed by atoms with Crippen molar-refractivity contribution in [1.82, 2.24) is 24.7 Å². The Bertz CT molecular complexity index is 680. The zero-order valence-electron chi connectivity index (χ0n) is 18.6. The molecule has 0 radical (unpaired) electrons. The first-order valence-electron chi connectivity index (χ1n) is 10.6. The van der Waals surface area contributed by atoms with Crippen LogP contribution in [-0.4, -0.2) is 105 Å². The van der Waals surface area contributed by atoms with Crippen LogP contribution in [0.5, 0.6) is 0 Å². The van der Waals surface area contributed by atoms with E-state index in [-0.39, 0.29) is 11.9 Å². The predicted molar refractivity (Wildman–Crippen MR) is 116 cm³/mol. The number of piperazine rings is 1. The Balaban J connectivity index is 1.94. The number of carbonyl (C=O) groups is 1. The number of nitrogens with zero attached hydrogens (tertiary/aromatic N) is 4. The molecule has 0 saturated carbocycles. The summed E-state index contributed by atoms with van der Waals surface area (Å²) in [7, 11) is -3.29. The van der Waals surface area contributed by atoms with Crippen molar-refractivity contribution in [1.29, 1.82) is 0 Å². The molecule has 1 amide bonds. The summed E-state index contributed by atoms with van der Waals surface area (Å²) in [5.74, 6) is 1.03. The molecular weight excluding hydrogens is 392 g/mol. The number of sulfonamides is 1. The summed E-state index contributed by atoms with van der Waals surface area (Å²) in [6, 6.07) is -0.0901. The van der Waals surface area contributed by atoms with Crippen LogP contribution in [0.2, 0.25) is 0 Å². The quantitative estimate of drug-likeness (QED) is 0.433. The molecular formula is C19H38N6O3S. The number of carbonyl (C=O) groups excluding carboxylic acids is 1. The first-order valence-corrected chi connectivity index (χ1v) is 12.5. The third-order valence-corrected chi connectivity index (χ3v) is 6.28. The lowest BCUT2D eigenvalue weighted by Gasteiger charge is -2.39. The average molecular weight is 431 g/mol. The molecule has 29 heavy (non-hydrogen) atoms. The maximum Gasteiger partial charge on any atom is 0.239 e. The fraction of sp³-hybridized carbons (Fsp3) is 0.895. The zero-order chi connectivity index (χ0) is 21.7. The standard InChI is InChI=1S/C19H38N6O3S/c1-6-20-18(21-15-19(3,4)22-29(5,27)28)25-13-11-23(12-14-25)16(2)17(26)24-9-7-8-10-24/h16,22H,6-15H2,1-5H3,(H,20,21). The van der Waals surface area contributed by atoms with Gasteiger partial charge >= 0.3 is 0 Å². The van der Waals surface area contributed by atoms with E-state index in [1.165, 1.54) is 0 Å². The van der Waals surface area contributed by atoms with Crippen molar-refractivity contribution in [2.75, 3.05) is 58.6 Å². The van der Waals surface area contributed by atoms with Crippen LogP contribution in [0, 0.1) is 0 Å². The van der Waals surface area contributed by atoms with Gasteiger partial charge in [0.05, 0.1) is 18.8 Å². The van der Waals surface area contributed by atoms with E-state index in [2.05, 4.69) is 24.8 Å². The first kappa shape index (κ1) is 23.9. The molecule has 2 aliphatic rings. The molecule has 2 rings (SSSR count). The van der Waals surface area contributed by atoms with E-state index in [9.17, 15) is 13.2 Å². The molecule has 1 unspecified atom stereocenters. The molecule has 10 heteroatoms. The maximum absolute atomic E-state index is 12.7. The number of hydrogen-bond acceptors (Lipinski definition) is 5. The van der Waals surface area contributed by atoms with Crippen molar-refractivity contribution in [3.63, 3.8) is 0 Å². The van der Waals surface area contributed by atoms with Gasteiger partial charge < -0.3 is 15.1 Å². The first-order chi connectivity index (χ1) is 13.5. The van der Waals surface area contributed by atoms with E-state index in [0.29, 0.717) is 6.54 Å². The number of amides is 1. The highest BCUT2D eigenvalue weighted by Gasteiger charge is 2.31. The van der Waals surface area contributed by atoms with Gasteiger partial charge in [0.1, 0.15) is 0 Å². The van der Waals surface area contributed by atoms with Crippen LogP contribution in [0.4, 0.5) is 0 Å². The average Bonchev–Trinajstić information content (AvgIpc) is 3.17. The highest BCUT2D eigenvalue weighted by Crippen LogP contribution is 2.14. The van der Waals surface area contributed by atoms with Crippen molar-refractivity contribution in [3.05, 3.63) is 0 Å². The van der Waals surface area contributed by atoms with Gasteiger partial charge in [-0.3, -0.25) is 14.7 Å². The lowest BCUT2D eigenvalue weighted by Crippen LogP contribution is -2.57. The summed E-state index contributed by atoms with van der Waals surface area (Å²) in [5.41, 5.74) is -0.660. The highest BCUT2D eigenvalue weighted by atomic mass is 32.2. The third kappa shape index (κ3) is 7.42. The second-order valence-corrected chi connectivity index (χ2v) is 10.4. The summed E-state index contributed by atoms with van der Waals surface area (Å²) < 4.78 is 25.7. The molecule has 0 aliphatic carbocycles. The SMILES string of the molecule is CCNC(=NCC(C)(C)NS(C)(=O)=O)N1CCN(C(C)C(=O)N2CCCC2)CC1. The van der Waals surface area contributed by atoms with E-state index in [0.717, 1.165) is 70.9 Å². The molecule has 1 atom stereocenters. The number of hydrogen-bond donors (Lipinski definition) is 2. The van der Waals surface area contributed by atoms with E-state index in [4.69, 9.17) is 0 Å². The largest absolute Gasteiger partial charge is 0.357 e. The summed E-state index contributed by atoms with van der Waals surface area (Å²) in [5, 5.41) is 3.30. The van der Waals surface area contributed by atoms with Crippen LogP contribution in [0.25, 0.3) is 0 Å². The van der Waals surface area contributed by atoms with Gasteiger partial charge in [0, 0.05) is 51.4 Å². The van der Waals surface area contributed by atoms with Crippen LogP contribution in [0.15, 0.2) is 4.99 Å². The smallest absolute Gasteiger partial charge is 0.239 e. The number of guanidine groups is 1. The van der Waals surface area contributed by atoms with Gasteiger partial charge in [-0.15, -0.1) is 0 Å². The summed E-state index contributed by atoms with van der Waals surface area (Å²) in [4.78, 5) is 23.8. The molecule has 2 aliphatic heterocycles. The number of rotatable bonds is 7. The minimum atomic E-state index is -3.29. The Hall–Kier alpha value is -1.39. The van der Waals surface area contributed by atoms with E-state index >= 15 is 0 Å². The number of likely N-dealkylation sites (tertiary alicyclic amines) is 1. The van der Waals surface area contributed by atoms with Crippen molar-refractivity contribution in [3.8, 4) is 0 Å². The summed E-state index contributed by atoms with van der Waals surface area (Å²) in [6.45, 7) is 13.7. The van der Waals surface area contributed by atoms with Gasteiger partial charge in [-0.2, -0.15) is 0 Å². The predicted octanol–water partition coefficient (Wildman–Crippen LogP) is -0.0918. The molecule has 9 nitrogen and oxygen atoms in total. The van der Waals surface area contributed by atoms with Gasteiger partial charge in [0.2, 0.25) is 15.9 Å². The topological polar surface area (TPSA) is 97.3 Å². The second-order valence-electron chi connectivity index (χ2n) is 8.66. The molecule has 0 spiro atoms. The monoisotopic (exact) mass is 430 g/mol. The molecule has 168 valence electrons. The number of aliphatic imine (C=N–C) groups is 1. The van der Waals surface area contributed by atoms with Crippen molar-refractivity contribution >= 4 is 21.9 Å². The Morgan fingerprint density at radius 2 is 1.66 bits per heavy atom. The Labute approximate surface area is 175 Å². The normalized spacial score (nSPS) is 20.8. The summed E-state index contributed by atoms with van der Waals surface area (Å²) in [6.07, 6.45) is 3.38. The van der Waals surface area contributed by atoms with Crippen LogP contribution in [0.1, 0.15) is 40.5 Å². The van der Waals surface area contributed by atoms with Gasteiger partial charge in [-0.05, 0) is 40.5 Å². The second kappa shape index (κ2) is 10.1. The molecule has 0 bridgehead atoms. The fourth-order valence-electron chi connectivity index (χ4n) is 3.91. The van der Waals surface area contributed by atoms with Crippen LogP contribution < -0.4 is 10.0 Å². The third-order valence-electron chi connectivity index (χ3n) is 5.36. The molecule has 0 aromatic heterocycles. The van der Waals surface area contributed by atoms with Crippen LogP contribution >= 0.6 is 0 Å². The van der Waals surface area contributed by atoms with Crippen molar-refractivity contribution in [2.45, 2.75) is 52.1 Å². The summed E-state index contributed by atoms with van der Waals surface area (Å²) >= 11 is 0. The minimum Gasteiger partial charge on any atom is -0.357 e. The number of nitrogens with one attached hydrogen (secondary N) is 2. The lowest BCUT2D eigenvalue weighted by atomic mass is 10.1. The zero-order valence-corrected chi connectivity index (χ0v) is 19.4. The molecule has 2 N–H and O–H groups in total. The van der Waals surface area contributed by atoms with Crippen LogP contribution in [-0.2, 0) is 14.8 Å². The van der Waals surface area contributed by atoms with Gasteiger partial charge in [-0.1, -0.05) is 0 Å². The van der Waals surface area contributed by atoms with Crippen LogP contribution in [0.3, 0.4) is 0 Å². The molecule has 0 aromatic rings. The fourth-order valence-corrected chi connectivity index (χ4v) is 4.98. The molecule has 2 saturated heterocycles. The van der Waals surface area contributed by atoms with Gasteiger partial charge in [-0.25, -0.2) is 13.1 Å². The Kier molecular flexibility index (Phi) is 8.30. The molecule has 0 aromatic carbocycles. The Morgan fingerprint density at radius 1 is 1.07 bits per heavy atom. The van der Waals surface area contributed by atoms with Crippen molar-refractivity contribution < 1.29 is 13.2 Å². The van der Waals surface area contributed by atoms with Gasteiger partial charge in [0.15, 0.2) is 5.96 Å². The van der Waals surface area contributed by atoms with E-state index in [1.807, 2.05) is 32.6 Å². The van der Waals surface area contributed by atoms with Crippen molar-refractivity contribution in [2.24, 2.45) is 4.99 Å². The molecule has 2 heterocycles.